The predicted octanol–water partition coefficient (Wildman–Crippen LogP) is -13.3. The quantitative estimate of drug-likeness (QED) is 0.113. The fourth-order valence-electron chi connectivity index (χ4n) is 10.8. The van der Waals surface area contributed by atoms with Crippen molar-refractivity contribution < 1.29 is 168 Å². The molecule has 21 aliphatic rings. The minimum atomic E-state index is -2.18. The van der Waals surface area contributed by atoms with Crippen molar-refractivity contribution in [3.05, 3.63) is 0 Å². The van der Waals surface area contributed by atoms with E-state index >= 15 is 0 Å². The van der Waals surface area contributed by atoms with E-state index in [1.165, 1.54) is 0 Å². The molecule has 0 aromatic heterocycles. The molecule has 21 rings (SSSR count). The first-order valence-electron chi connectivity index (χ1n) is 24.8. The van der Waals surface area contributed by atoms with Crippen LogP contribution in [0, 0.1) is 5.92 Å². The molecule has 77 heavy (non-hydrogen) atoms. The third kappa shape index (κ3) is 12.1. The lowest BCUT2D eigenvalue weighted by molar-refractivity contribution is -0.421. The van der Waals surface area contributed by atoms with Gasteiger partial charge in [0.25, 0.3) is 0 Å². The molecular weight excluding hydrogens is 1060 g/mol. The van der Waals surface area contributed by atoms with Gasteiger partial charge in [-0.15, -0.1) is 0 Å². The molecule has 35 atom stereocenters. The lowest BCUT2D eigenvalue weighted by Crippen LogP contribution is -2.68. The van der Waals surface area contributed by atoms with Gasteiger partial charge in [0, 0.05) is 20.1 Å². The number of aliphatic hydroxyl groups is 19. The predicted molar refractivity (Wildman–Crippen MR) is 232 cm³/mol. The largest absolute Gasteiger partial charge is 0.394 e. The minimum absolute atomic E-state index is 0.519. The molecule has 34 nitrogen and oxygen atoms in total. The lowest BCUT2D eigenvalue weighted by Gasteiger charge is -2.50. The molecule has 21 fully saturated rings. The zero-order valence-electron chi connectivity index (χ0n) is 41.1. The SMILES string of the molecule is COC1O[C@@H]2O[C@@H]3C(OC)O[C@H](O[C@@H]4C(CO)O[C@H](O[C@@H]5C(CO)O[C@H](O[C@@H]6C(CO)O[C@H](O[C@@H]7C(CO)OC(C[C@@H]8C(CO)O[C@H](O[C@H]1[C@H](O)C2O)C(O)[C@H]8O)[C@@H](O)[C@H]7O)C(O)[C@H]6O)C(O)[C@H]5O)C(O)[C@H]4O)C(O)[C@H]3O. The van der Waals surface area contributed by atoms with Crippen LogP contribution in [0.2, 0.25) is 0 Å². The average molecular weight is 1130 g/mol. The van der Waals surface area contributed by atoms with Crippen LogP contribution in [0.15, 0.2) is 0 Å². The van der Waals surface area contributed by atoms with Crippen LogP contribution < -0.4 is 0 Å². The summed E-state index contributed by atoms with van der Waals surface area (Å²) in [5.41, 5.74) is 0. The van der Waals surface area contributed by atoms with Gasteiger partial charge < -0.3 is 168 Å². The van der Waals surface area contributed by atoms with Crippen molar-refractivity contribution >= 4 is 0 Å². The van der Waals surface area contributed by atoms with Crippen LogP contribution in [0.3, 0.4) is 0 Å². The maximum atomic E-state index is 11.5. The van der Waals surface area contributed by atoms with Gasteiger partial charge in [0.15, 0.2) is 50.3 Å². The zero-order valence-corrected chi connectivity index (χ0v) is 41.1. The van der Waals surface area contributed by atoms with Gasteiger partial charge in [0.05, 0.1) is 51.3 Å². The van der Waals surface area contributed by atoms with Crippen molar-refractivity contribution in [3.8, 4) is 0 Å². The van der Waals surface area contributed by atoms with E-state index in [0.29, 0.717) is 0 Å². The molecule has 0 aliphatic carbocycles. The average Bonchev–Trinajstić information content (AvgIpc) is 3.47. The Hall–Kier alpha value is -1.36. The highest BCUT2D eigenvalue weighted by Gasteiger charge is 2.59. The fourth-order valence-corrected chi connectivity index (χ4v) is 10.8. The molecule has 0 amide bonds. The van der Waals surface area contributed by atoms with Crippen LogP contribution in [-0.4, -0.2) is 353 Å². The Morgan fingerprint density at radius 1 is 0.273 bits per heavy atom. The Kier molecular flexibility index (Phi) is 20.9. The summed E-state index contributed by atoms with van der Waals surface area (Å²) in [6.45, 7) is -4.90. The summed E-state index contributed by atoms with van der Waals surface area (Å²) in [7, 11) is 2.12. The number of hydrogen-bond acceptors (Lipinski definition) is 34. The van der Waals surface area contributed by atoms with E-state index in [-0.39, 0.29) is 0 Å². The first-order valence-corrected chi connectivity index (χ1v) is 24.8. The Labute approximate surface area is 436 Å². The van der Waals surface area contributed by atoms with Crippen molar-refractivity contribution in [3.63, 3.8) is 0 Å². The Bertz CT molecular complexity index is 1470. The van der Waals surface area contributed by atoms with Gasteiger partial charge >= 0.3 is 0 Å². The molecule has 19 N–H and O–H groups in total. The van der Waals surface area contributed by atoms with E-state index < -0.39 is 254 Å². The Morgan fingerprint density at radius 2 is 0.519 bits per heavy atom. The van der Waals surface area contributed by atoms with Gasteiger partial charge in [-0.25, -0.2) is 0 Å². The second-order valence-corrected chi connectivity index (χ2v) is 19.9. The minimum Gasteiger partial charge on any atom is -0.394 e. The summed E-state index contributed by atoms with van der Waals surface area (Å²) in [4.78, 5) is 0. The van der Waals surface area contributed by atoms with Gasteiger partial charge in [-0.2, -0.15) is 0 Å². The summed E-state index contributed by atoms with van der Waals surface area (Å²) in [6, 6.07) is 0. The number of aliphatic hydroxyl groups excluding tert-OH is 19. The molecule has 21 aliphatic heterocycles. The van der Waals surface area contributed by atoms with Crippen molar-refractivity contribution in [2.75, 3.05) is 47.3 Å². The molecule has 0 radical (unpaired) electrons. The molecule has 34 heteroatoms. The van der Waals surface area contributed by atoms with Crippen molar-refractivity contribution in [2.24, 2.45) is 5.92 Å². The standard InChI is InChI=1S/C43H72O34/c1-63-42-34-23(56)29(62)41(77-42)75-35-22(55)28(61)40(76-43(35)64-2)73-33-15(8-48)69-39(27(60)21(33)54)72-32-14(7-47)68-38(26(59)20(32)53)71-31-13(6-46)67-37(25(58)19(31)52)70-30-12(5-45)65-10(17(50)18(30)51)3-9-11(4-44)66-36(74-34)24(57)16(9)49/h9-62H,3-8H2,1-2H3/t9-,10?,11?,12?,13?,14?,15?,16+,17-,18-,19-,20-,21-,22-,23-,24?,25?,26?,27?,28?,29?,30-,31-,32-,33-,34+,35+,36-,37-,38-,39-,40+,41+,42?,43?/m1/s1. The van der Waals surface area contributed by atoms with Gasteiger partial charge in [-0.1, -0.05) is 0 Å². The lowest BCUT2D eigenvalue weighted by atomic mass is 9.81. The molecule has 0 aromatic rings. The monoisotopic (exact) mass is 1130 g/mol. The van der Waals surface area contributed by atoms with Crippen molar-refractivity contribution in [2.45, 2.75) is 215 Å². The molecule has 448 valence electrons. The van der Waals surface area contributed by atoms with Crippen LogP contribution in [0.25, 0.3) is 0 Å². The van der Waals surface area contributed by atoms with Crippen LogP contribution in [-0.2, 0) is 71.1 Å². The smallest absolute Gasteiger partial charge is 0.189 e. The maximum Gasteiger partial charge on any atom is 0.189 e. The first kappa shape index (κ1) is 61.7. The van der Waals surface area contributed by atoms with E-state index in [0.717, 1.165) is 14.2 Å². The van der Waals surface area contributed by atoms with Gasteiger partial charge in [-0.05, 0) is 6.42 Å². The molecule has 21 heterocycles. The Morgan fingerprint density at radius 3 is 0.831 bits per heavy atom. The van der Waals surface area contributed by atoms with Gasteiger partial charge in [-0.3, -0.25) is 0 Å². The third-order valence-electron chi connectivity index (χ3n) is 15.2. The summed E-state index contributed by atoms with van der Waals surface area (Å²) < 4.78 is 85.4. The van der Waals surface area contributed by atoms with Crippen molar-refractivity contribution in [1.82, 2.24) is 0 Å². The summed E-state index contributed by atoms with van der Waals surface area (Å²) in [5.74, 6) is -1.35. The molecule has 0 aromatic carbocycles. The van der Waals surface area contributed by atoms with E-state index in [2.05, 4.69) is 0 Å². The summed E-state index contributed by atoms with van der Waals surface area (Å²) >= 11 is 0. The zero-order chi connectivity index (χ0) is 56.1. The molecule has 14 unspecified atom stereocenters. The maximum absolute atomic E-state index is 11.5. The molecule has 21 saturated heterocycles. The molecular formula is C43H72O34. The normalized spacial score (nSPS) is 55.4. The van der Waals surface area contributed by atoms with Crippen LogP contribution >= 0.6 is 0 Å². The van der Waals surface area contributed by atoms with E-state index in [1.807, 2.05) is 0 Å². The Balaban J connectivity index is 1.08. The van der Waals surface area contributed by atoms with E-state index in [9.17, 15) is 97.0 Å². The number of hydrogen-bond donors (Lipinski definition) is 19. The second kappa shape index (κ2) is 26.1. The number of methoxy groups -OCH3 is 2. The number of ether oxygens (including phenoxy) is 15. The van der Waals surface area contributed by atoms with Gasteiger partial charge in [0.1, 0.15) is 140 Å². The van der Waals surface area contributed by atoms with Crippen LogP contribution in [0.4, 0.5) is 0 Å². The fraction of sp³-hybridized carbons (Fsp3) is 1.00. The summed E-state index contributed by atoms with van der Waals surface area (Å²) in [5, 5.41) is 211. The van der Waals surface area contributed by atoms with Gasteiger partial charge in [0.2, 0.25) is 0 Å². The van der Waals surface area contributed by atoms with Crippen molar-refractivity contribution in [1.29, 1.82) is 0 Å². The third-order valence-corrected chi connectivity index (χ3v) is 15.2. The highest BCUT2D eigenvalue weighted by atomic mass is 16.8. The summed E-state index contributed by atoms with van der Waals surface area (Å²) in [6.07, 6.45) is -65.9. The molecule has 0 saturated carbocycles. The highest BCUT2D eigenvalue weighted by Crippen LogP contribution is 2.40. The number of rotatable bonds is 7. The highest BCUT2D eigenvalue weighted by molar-refractivity contribution is 5.02. The van der Waals surface area contributed by atoms with E-state index in [4.69, 9.17) is 71.1 Å². The topological polar surface area (TPSA) is 523 Å². The second-order valence-electron chi connectivity index (χ2n) is 19.9. The van der Waals surface area contributed by atoms with E-state index in [1.54, 1.807) is 0 Å². The van der Waals surface area contributed by atoms with Crippen LogP contribution in [0.5, 0.6) is 0 Å². The molecule has 0 spiro atoms. The molecule has 14 bridgehead atoms. The first-order chi connectivity index (χ1) is 36.7. The van der Waals surface area contributed by atoms with Crippen LogP contribution in [0.1, 0.15) is 6.42 Å².